The number of carbonyl (C=O) groups excluding carboxylic acids is 2. The maximum atomic E-state index is 12.8. The topological polar surface area (TPSA) is 49.4 Å². The van der Waals surface area contributed by atoms with Gasteiger partial charge in [-0.25, -0.2) is 0 Å². The number of benzene rings is 1. The van der Waals surface area contributed by atoms with Crippen LogP contribution in [-0.2, 0) is 9.59 Å². The SMILES string of the molecule is C#CCN1C(=O)C(CC)(CC)NC(=O)C1c1ccccc1. The molecule has 2 rings (SSSR count). The molecule has 1 aliphatic heterocycles. The smallest absolute Gasteiger partial charge is 0.250 e. The standard InChI is InChI=1S/C17H20N2O2/c1-4-12-19-14(13-10-8-7-9-11-13)15(20)18-17(5-2,6-3)16(19)21/h1,7-11,14H,5-6,12H2,2-3H3,(H,18,20). The van der Waals surface area contributed by atoms with Crippen LogP contribution < -0.4 is 5.32 Å². The van der Waals surface area contributed by atoms with E-state index in [2.05, 4.69) is 11.2 Å². The van der Waals surface area contributed by atoms with E-state index >= 15 is 0 Å². The second kappa shape index (κ2) is 6.01. The van der Waals surface area contributed by atoms with Crippen molar-refractivity contribution in [3.8, 4) is 12.3 Å². The van der Waals surface area contributed by atoms with Crippen LogP contribution in [0.15, 0.2) is 30.3 Å². The maximum absolute atomic E-state index is 12.8. The van der Waals surface area contributed by atoms with Gasteiger partial charge in [-0.3, -0.25) is 9.59 Å². The van der Waals surface area contributed by atoms with Crippen LogP contribution in [0.25, 0.3) is 0 Å². The summed E-state index contributed by atoms with van der Waals surface area (Å²) in [7, 11) is 0. The fourth-order valence-corrected chi connectivity index (χ4v) is 2.85. The fourth-order valence-electron chi connectivity index (χ4n) is 2.85. The third kappa shape index (κ3) is 2.52. The first-order valence-corrected chi connectivity index (χ1v) is 7.21. The molecule has 4 heteroatoms. The Morgan fingerprint density at radius 2 is 1.86 bits per heavy atom. The summed E-state index contributed by atoms with van der Waals surface area (Å²) in [5, 5.41) is 2.92. The van der Waals surface area contributed by atoms with E-state index in [1.54, 1.807) is 0 Å². The molecule has 0 aromatic heterocycles. The molecule has 0 bridgehead atoms. The molecule has 0 radical (unpaired) electrons. The Kier molecular flexibility index (Phi) is 4.32. The lowest BCUT2D eigenvalue weighted by molar-refractivity contribution is -0.155. The van der Waals surface area contributed by atoms with Gasteiger partial charge in [0.1, 0.15) is 11.6 Å². The molecule has 1 aliphatic rings. The highest BCUT2D eigenvalue weighted by atomic mass is 16.2. The van der Waals surface area contributed by atoms with Crippen LogP contribution in [-0.4, -0.2) is 28.8 Å². The van der Waals surface area contributed by atoms with Gasteiger partial charge in [0.15, 0.2) is 0 Å². The Morgan fingerprint density at radius 3 is 2.38 bits per heavy atom. The van der Waals surface area contributed by atoms with E-state index in [1.807, 2.05) is 44.2 Å². The van der Waals surface area contributed by atoms with Gasteiger partial charge in [-0.2, -0.15) is 0 Å². The van der Waals surface area contributed by atoms with Gasteiger partial charge in [-0.1, -0.05) is 50.1 Å². The molecule has 1 unspecified atom stereocenters. The first-order chi connectivity index (χ1) is 10.1. The molecule has 2 amide bonds. The average Bonchev–Trinajstić information content (AvgIpc) is 2.52. The lowest BCUT2D eigenvalue weighted by Crippen LogP contribution is -2.67. The minimum absolute atomic E-state index is 0.0982. The molecular formula is C17H20N2O2. The van der Waals surface area contributed by atoms with E-state index in [4.69, 9.17) is 6.42 Å². The lowest BCUT2D eigenvalue weighted by atomic mass is 9.85. The summed E-state index contributed by atoms with van der Waals surface area (Å²) >= 11 is 0. The van der Waals surface area contributed by atoms with Crippen LogP contribution in [0, 0.1) is 12.3 Å². The van der Waals surface area contributed by atoms with Crippen molar-refractivity contribution < 1.29 is 9.59 Å². The molecule has 0 aliphatic carbocycles. The van der Waals surface area contributed by atoms with Gasteiger partial charge in [0, 0.05) is 0 Å². The minimum Gasteiger partial charge on any atom is -0.340 e. The number of terminal acetylenes is 1. The van der Waals surface area contributed by atoms with E-state index in [0.717, 1.165) is 5.56 Å². The molecule has 110 valence electrons. The number of nitrogens with one attached hydrogen (secondary N) is 1. The lowest BCUT2D eigenvalue weighted by Gasteiger charge is -2.45. The first kappa shape index (κ1) is 15.1. The van der Waals surface area contributed by atoms with E-state index in [-0.39, 0.29) is 18.4 Å². The Bertz CT molecular complexity index is 570. The number of hydrogen-bond acceptors (Lipinski definition) is 2. The molecule has 1 aromatic carbocycles. The van der Waals surface area contributed by atoms with Crippen molar-refractivity contribution in [2.24, 2.45) is 0 Å². The van der Waals surface area contributed by atoms with Gasteiger partial charge in [-0.15, -0.1) is 6.42 Å². The van der Waals surface area contributed by atoms with Crippen LogP contribution in [0.1, 0.15) is 38.3 Å². The second-order valence-electron chi connectivity index (χ2n) is 5.23. The number of piperazine rings is 1. The molecule has 1 atom stereocenters. The highest BCUT2D eigenvalue weighted by Crippen LogP contribution is 2.32. The van der Waals surface area contributed by atoms with Gasteiger partial charge in [0.05, 0.1) is 6.54 Å². The molecule has 1 N–H and O–H groups in total. The average molecular weight is 284 g/mol. The summed E-state index contributed by atoms with van der Waals surface area (Å²) in [5.74, 6) is 2.23. The molecule has 0 saturated carbocycles. The van der Waals surface area contributed by atoms with Crippen molar-refractivity contribution in [3.63, 3.8) is 0 Å². The predicted molar refractivity (Wildman–Crippen MR) is 81.2 cm³/mol. The molecule has 1 aromatic rings. The van der Waals surface area contributed by atoms with Gasteiger partial charge in [0.25, 0.3) is 0 Å². The first-order valence-electron chi connectivity index (χ1n) is 7.21. The quantitative estimate of drug-likeness (QED) is 0.858. The van der Waals surface area contributed by atoms with Crippen LogP contribution in [0.2, 0.25) is 0 Å². The zero-order chi connectivity index (χ0) is 15.5. The number of rotatable bonds is 4. The Balaban J connectivity index is 2.46. The van der Waals surface area contributed by atoms with Crippen molar-refractivity contribution in [2.75, 3.05) is 6.54 Å². The number of nitrogens with zero attached hydrogens (tertiary/aromatic N) is 1. The third-order valence-electron chi connectivity index (χ3n) is 4.18. The van der Waals surface area contributed by atoms with E-state index in [9.17, 15) is 9.59 Å². The van der Waals surface area contributed by atoms with Gasteiger partial charge >= 0.3 is 0 Å². The van der Waals surface area contributed by atoms with Crippen molar-refractivity contribution in [2.45, 2.75) is 38.3 Å². The molecule has 0 spiro atoms. The van der Waals surface area contributed by atoms with Gasteiger partial charge in [0.2, 0.25) is 11.8 Å². The minimum atomic E-state index is -0.834. The van der Waals surface area contributed by atoms with Crippen LogP contribution >= 0.6 is 0 Å². The third-order valence-corrected chi connectivity index (χ3v) is 4.18. The van der Waals surface area contributed by atoms with Crippen molar-refractivity contribution in [1.29, 1.82) is 0 Å². The normalized spacial score (nSPS) is 20.8. The summed E-state index contributed by atoms with van der Waals surface area (Å²) in [5.41, 5.74) is -0.0569. The van der Waals surface area contributed by atoms with E-state index in [1.165, 1.54) is 4.90 Å². The zero-order valence-corrected chi connectivity index (χ0v) is 12.4. The summed E-state index contributed by atoms with van der Waals surface area (Å²) in [6.07, 6.45) is 6.51. The number of carbonyl (C=O) groups is 2. The molecule has 4 nitrogen and oxygen atoms in total. The molecule has 1 fully saturated rings. The Morgan fingerprint density at radius 1 is 1.24 bits per heavy atom. The molecule has 1 saturated heterocycles. The largest absolute Gasteiger partial charge is 0.340 e. The zero-order valence-electron chi connectivity index (χ0n) is 12.4. The molecule has 1 heterocycles. The second-order valence-corrected chi connectivity index (χ2v) is 5.23. The number of amides is 2. The van der Waals surface area contributed by atoms with Crippen LogP contribution in [0.5, 0.6) is 0 Å². The summed E-state index contributed by atoms with van der Waals surface area (Å²) in [6, 6.07) is 8.60. The summed E-state index contributed by atoms with van der Waals surface area (Å²) in [4.78, 5) is 26.9. The monoisotopic (exact) mass is 284 g/mol. The van der Waals surface area contributed by atoms with E-state index < -0.39 is 11.6 Å². The Hall–Kier alpha value is -2.28. The maximum Gasteiger partial charge on any atom is 0.250 e. The highest BCUT2D eigenvalue weighted by molar-refractivity contribution is 6.00. The van der Waals surface area contributed by atoms with Crippen LogP contribution in [0.3, 0.4) is 0 Å². The van der Waals surface area contributed by atoms with Crippen molar-refractivity contribution in [3.05, 3.63) is 35.9 Å². The molecule has 21 heavy (non-hydrogen) atoms. The summed E-state index contributed by atoms with van der Waals surface area (Å²) in [6.45, 7) is 3.94. The summed E-state index contributed by atoms with van der Waals surface area (Å²) < 4.78 is 0. The van der Waals surface area contributed by atoms with Gasteiger partial charge in [-0.05, 0) is 18.4 Å². The van der Waals surface area contributed by atoms with Crippen molar-refractivity contribution in [1.82, 2.24) is 10.2 Å². The predicted octanol–water partition coefficient (Wildman–Crippen LogP) is 1.88. The Labute approximate surface area is 125 Å². The van der Waals surface area contributed by atoms with Crippen LogP contribution in [0.4, 0.5) is 0 Å². The van der Waals surface area contributed by atoms with Crippen molar-refractivity contribution >= 4 is 11.8 Å². The number of hydrogen-bond donors (Lipinski definition) is 1. The fraction of sp³-hybridized carbons (Fsp3) is 0.412. The molecular weight excluding hydrogens is 264 g/mol. The highest BCUT2D eigenvalue weighted by Gasteiger charge is 2.48. The van der Waals surface area contributed by atoms with Gasteiger partial charge < -0.3 is 10.2 Å². The van der Waals surface area contributed by atoms with E-state index in [0.29, 0.717) is 12.8 Å².